The predicted octanol–water partition coefficient (Wildman–Crippen LogP) is 4.14. The molecule has 2 rings (SSSR count). The van der Waals surface area contributed by atoms with E-state index in [1.807, 2.05) is 13.8 Å². The van der Waals surface area contributed by atoms with Gasteiger partial charge in [-0.3, -0.25) is 9.59 Å². The molecule has 7 heteroatoms. The number of amides is 2. The molecule has 0 fully saturated rings. The summed E-state index contributed by atoms with van der Waals surface area (Å²) >= 11 is 5.86. The summed E-state index contributed by atoms with van der Waals surface area (Å²) in [6.07, 6.45) is 0.492. The normalized spacial score (nSPS) is 11.6. The van der Waals surface area contributed by atoms with E-state index in [1.165, 1.54) is 14.2 Å². The number of methoxy groups -OCH3 is 2. The van der Waals surface area contributed by atoms with Gasteiger partial charge in [0.25, 0.3) is 5.91 Å². The van der Waals surface area contributed by atoms with Crippen LogP contribution in [0.3, 0.4) is 0 Å². The fourth-order valence-electron chi connectivity index (χ4n) is 2.65. The number of hydrogen-bond acceptors (Lipinski definition) is 4. The molecule has 0 saturated heterocycles. The molecule has 0 unspecified atom stereocenters. The number of hydrogen-bond donors (Lipinski definition) is 2. The summed E-state index contributed by atoms with van der Waals surface area (Å²) in [7, 11) is 3.07. The average Bonchev–Trinajstić information content (AvgIpc) is 2.67. The Kier molecular flexibility index (Phi) is 7.70. The van der Waals surface area contributed by atoms with Crippen LogP contribution in [-0.2, 0) is 4.79 Å². The first kappa shape index (κ1) is 21.6. The Morgan fingerprint density at radius 3 is 2.07 bits per heavy atom. The summed E-state index contributed by atoms with van der Waals surface area (Å²) in [5.41, 5.74) is 0.963. The topological polar surface area (TPSA) is 76.7 Å². The maximum absolute atomic E-state index is 12.8. The number of rotatable bonds is 8. The monoisotopic (exact) mass is 404 g/mol. The fourth-order valence-corrected chi connectivity index (χ4v) is 2.78. The van der Waals surface area contributed by atoms with Crippen molar-refractivity contribution >= 4 is 29.1 Å². The third-order valence-corrected chi connectivity index (χ3v) is 4.31. The molecular formula is C21H25ClN2O4. The zero-order valence-electron chi connectivity index (χ0n) is 16.4. The summed E-state index contributed by atoms with van der Waals surface area (Å²) in [6, 6.07) is 10.9. The lowest BCUT2D eigenvalue weighted by Gasteiger charge is -2.20. The van der Waals surface area contributed by atoms with Crippen LogP contribution in [0.4, 0.5) is 5.69 Å². The van der Waals surface area contributed by atoms with Crippen LogP contribution < -0.4 is 20.1 Å². The Morgan fingerprint density at radius 2 is 1.57 bits per heavy atom. The molecular weight excluding hydrogens is 380 g/mol. The van der Waals surface area contributed by atoms with Gasteiger partial charge < -0.3 is 20.1 Å². The highest BCUT2D eigenvalue weighted by Crippen LogP contribution is 2.26. The largest absolute Gasteiger partial charge is 0.497 e. The van der Waals surface area contributed by atoms with Gasteiger partial charge in [-0.15, -0.1) is 0 Å². The van der Waals surface area contributed by atoms with Crippen molar-refractivity contribution < 1.29 is 19.1 Å². The lowest BCUT2D eigenvalue weighted by atomic mass is 10.0. The molecule has 0 aliphatic rings. The van der Waals surface area contributed by atoms with Crippen molar-refractivity contribution in [2.24, 2.45) is 5.92 Å². The van der Waals surface area contributed by atoms with E-state index in [4.69, 9.17) is 21.1 Å². The number of ether oxygens (including phenoxy) is 2. The molecule has 0 saturated carbocycles. The fraction of sp³-hybridized carbons (Fsp3) is 0.333. The molecule has 0 aliphatic heterocycles. The Balaban J connectivity index is 2.16. The Bertz CT molecular complexity index is 799. The van der Waals surface area contributed by atoms with Gasteiger partial charge in [0.2, 0.25) is 5.91 Å². The van der Waals surface area contributed by atoms with Gasteiger partial charge in [-0.05, 0) is 36.6 Å². The van der Waals surface area contributed by atoms with Crippen molar-refractivity contribution in [2.75, 3.05) is 19.5 Å². The number of nitrogens with one attached hydrogen (secondary N) is 2. The molecule has 0 bridgehead atoms. The van der Waals surface area contributed by atoms with E-state index in [1.54, 1.807) is 42.5 Å². The first-order valence-electron chi connectivity index (χ1n) is 8.92. The van der Waals surface area contributed by atoms with Gasteiger partial charge in [0, 0.05) is 34.5 Å². The number of halogens is 1. The van der Waals surface area contributed by atoms with E-state index < -0.39 is 6.04 Å². The molecule has 2 amide bonds. The molecule has 0 aromatic heterocycles. The van der Waals surface area contributed by atoms with Crippen LogP contribution in [0.15, 0.2) is 42.5 Å². The summed E-state index contributed by atoms with van der Waals surface area (Å²) in [5, 5.41) is 6.17. The van der Waals surface area contributed by atoms with Crippen LogP contribution in [0, 0.1) is 5.92 Å². The number of carbonyl (C=O) groups is 2. The van der Waals surface area contributed by atoms with Gasteiger partial charge in [-0.2, -0.15) is 0 Å². The predicted molar refractivity (Wildman–Crippen MR) is 110 cm³/mol. The highest BCUT2D eigenvalue weighted by Gasteiger charge is 2.23. The van der Waals surface area contributed by atoms with Gasteiger partial charge in [0.15, 0.2) is 0 Å². The highest BCUT2D eigenvalue weighted by atomic mass is 35.5. The molecule has 0 radical (unpaired) electrons. The maximum Gasteiger partial charge on any atom is 0.251 e. The number of benzene rings is 2. The van der Waals surface area contributed by atoms with Crippen LogP contribution in [0.2, 0.25) is 5.02 Å². The zero-order valence-corrected chi connectivity index (χ0v) is 17.2. The van der Waals surface area contributed by atoms with Crippen molar-refractivity contribution in [3.05, 3.63) is 53.1 Å². The smallest absolute Gasteiger partial charge is 0.251 e. The Labute approximate surface area is 170 Å². The van der Waals surface area contributed by atoms with Gasteiger partial charge in [0.1, 0.15) is 17.5 Å². The highest BCUT2D eigenvalue weighted by molar-refractivity contribution is 6.30. The minimum atomic E-state index is -0.694. The second-order valence-corrected chi connectivity index (χ2v) is 7.19. The molecule has 2 aromatic rings. The summed E-state index contributed by atoms with van der Waals surface area (Å²) in [6.45, 7) is 3.98. The van der Waals surface area contributed by atoms with Crippen molar-refractivity contribution in [1.82, 2.24) is 5.32 Å². The minimum Gasteiger partial charge on any atom is -0.497 e. The Hall–Kier alpha value is -2.73. The first-order chi connectivity index (χ1) is 13.3. The van der Waals surface area contributed by atoms with Gasteiger partial charge in [-0.1, -0.05) is 25.4 Å². The standard InChI is InChI=1S/C21H25ClN2O4/c1-13(2)9-19(24-20(25)14-5-7-15(22)8-6-14)21(26)23-16-10-17(27-3)12-18(11-16)28-4/h5-8,10-13,19H,9H2,1-4H3,(H,23,26)(H,24,25)/t19-/m1/s1. The second-order valence-electron chi connectivity index (χ2n) is 6.75. The quantitative estimate of drug-likeness (QED) is 0.693. The molecule has 28 heavy (non-hydrogen) atoms. The second kappa shape index (κ2) is 9.99. The van der Waals surface area contributed by atoms with E-state index in [9.17, 15) is 9.59 Å². The lowest BCUT2D eigenvalue weighted by molar-refractivity contribution is -0.118. The van der Waals surface area contributed by atoms with Crippen LogP contribution in [0.1, 0.15) is 30.6 Å². The zero-order chi connectivity index (χ0) is 20.7. The summed E-state index contributed by atoms with van der Waals surface area (Å²) in [5.74, 6) is 0.675. The van der Waals surface area contributed by atoms with Crippen molar-refractivity contribution in [1.29, 1.82) is 0 Å². The lowest BCUT2D eigenvalue weighted by Crippen LogP contribution is -2.44. The van der Waals surface area contributed by atoms with E-state index in [2.05, 4.69) is 10.6 Å². The van der Waals surface area contributed by atoms with Crippen molar-refractivity contribution in [3.63, 3.8) is 0 Å². The van der Waals surface area contributed by atoms with E-state index in [0.29, 0.717) is 34.2 Å². The molecule has 0 spiro atoms. The van der Waals surface area contributed by atoms with E-state index in [-0.39, 0.29) is 17.7 Å². The molecule has 150 valence electrons. The minimum absolute atomic E-state index is 0.209. The summed E-state index contributed by atoms with van der Waals surface area (Å²) in [4.78, 5) is 25.4. The average molecular weight is 405 g/mol. The molecule has 1 atom stereocenters. The van der Waals surface area contributed by atoms with Crippen LogP contribution in [-0.4, -0.2) is 32.1 Å². The van der Waals surface area contributed by atoms with Gasteiger partial charge >= 0.3 is 0 Å². The van der Waals surface area contributed by atoms with Crippen molar-refractivity contribution in [3.8, 4) is 11.5 Å². The Morgan fingerprint density at radius 1 is 1.00 bits per heavy atom. The molecule has 0 heterocycles. The third kappa shape index (κ3) is 6.16. The molecule has 0 aliphatic carbocycles. The molecule has 2 N–H and O–H groups in total. The molecule has 2 aromatic carbocycles. The number of carbonyl (C=O) groups excluding carboxylic acids is 2. The van der Waals surface area contributed by atoms with Crippen molar-refractivity contribution in [2.45, 2.75) is 26.3 Å². The maximum atomic E-state index is 12.8. The number of anilines is 1. The van der Waals surface area contributed by atoms with Gasteiger partial charge in [-0.25, -0.2) is 0 Å². The van der Waals surface area contributed by atoms with Crippen LogP contribution in [0.25, 0.3) is 0 Å². The van der Waals surface area contributed by atoms with E-state index >= 15 is 0 Å². The SMILES string of the molecule is COc1cc(NC(=O)[C@@H](CC(C)C)NC(=O)c2ccc(Cl)cc2)cc(OC)c1. The third-order valence-electron chi connectivity index (χ3n) is 4.05. The summed E-state index contributed by atoms with van der Waals surface area (Å²) < 4.78 is 10.4. The molecule has 6 nitrogen and oxygen atoms in total. The first-order valence-corrected chi connectivity index (χ1v) is 9.30. The van der Waals surface area contributed by atoms with E-state index in [0.717, 1.165) is 0 Å². The van der Waals surface area contributed by atoms with Crippen LogP contribution in [0.5, 0.6) is 11.5 Å². The van der Waals surface area contributed by atoms with Crippen LogP contribution >= 0.6 is 11.6 Å². The van der Waals surface area contributed by atoms with Gasteiger partial charge in [0.05, 0.1) is 14.2 Å².